The number of rotatable bonds is 2. The van der Waals surface area contributed by atoms with Gasteiger partial charge in [-0.05, 0) is 23.1 Å². The highest BCUT2D eigenvalue weighted by Gasteiger charge is 2.39. The van der Waals surface area contributed by atoms with Crippen LogP contribution in [0, 0.1) is 0 Å². The second-order valence-corrected chi connectivity index (χ2v) is 10.9. The molecule has 1 heterocycles. The first-order chi connectivity index (χ1) is 9.80. The molecule has 0 radical (unpaired) electrons. The van der Waals surface area contributed by atoms with E-state index in [-0.39, 0.29) is 11.1 Å². The molecule has 1 aromatic carbocycles. The second kappa shape index (κ2) is 5.47. The summed E-state index contributed by atoms with van der Waals surface area (Å²) in [7, 11) is -16.2. The van der Waals surface area contributed by atoms with Gasteiger partial charge in [-0.2, -0.15) is 4.20 Å². The monoisotopic (exact) mass is 378 g/mol. The van der Waals surface area contributed by atoms with Crippen molar-refractivity contribution in [2.24, 2.45) is 13.5 Å². The number of hydrogen-bond donors (Lipinski definition) is 1. The predicted molar refractivity (Wildman–Crippen MR) is 82.3 cm³/mol. The molecule has 0 fully saturated rings. The third-order valence-corrected chi connectivity index (χ3v) is 8.57. The van der Waals surface area contributed by atoms with Gasteiger partial charge >= 0.3 is 23.3 Å². The van der Waals surface area contributed by atoms with E-state index >= 15 is 0 Å². The molecule has 22 heavy (non-hydrogen) atoms. The maximum absolute atomic E-state index is 14.3. The minimum absolute atomic E-state index is 0.0678. The van der Waals surface area contributed by atoms with Crippen LogP contribution in [0.25, 0.3) is 0 Å². The van der Waals surface area contributed by atoms with Crippen LogP contribution in [-0.2, 0) is 5.41 Å². The SMILES string of the molecule is CC(C)(C)c1ccc(NP2(F)=NP(F)(F)=NP(F)(F)=N2)cc1. The molecule has 1 aromatic rings. The first kappa shape index (κ1) is 17.7. The summed E-state index contributed by atoms with van der Waals surface area (Å²) < 4.78 is 73.9. The largest absolute Gasteiger partial charge is 0.424 e. The lowest BCUT2D eigenvalue weighted by atomic mass is 9.87. The third kappa shape index (κ3) is 4.43. The van der Waals surface area contributed by atoms with Crippen LogP contribution < -0.4 is 5.09 Å². The summed E-state index contributed by atoms with van der Waals surface area (Å²) in [5.74, 6) is 0. The Bertz CT molecular complexity index is 733. The highest BCUT2D eigenvalue weighted by molar-refractivity contribution is 7.79. The Morgan fingerprint density at radius 2 is 1.32 bits per heavy atom. The Hall–Kier alpha value is -0.640. The molecule has 0 saturated carbocycles. The van der Waals surface area contributed by atoms with Crippen LogP contribution in [0.4, 0.5) is 26.7 Å². The molecule has 12 heteroatoms. The number of anilines is 1. The van der Waals surface area contributed by atoms with Gasteiger partial charge in [0.25, 0.3) is 0 Å². The zero-order chi connectivity index (χ0) is 16.8. The molecule has 1 atom stereocenters. The molecule has 0 bridgehead atoms. The highest BCUT2D eigenvalue weighted by atomic mass is 31.3. The lowest BCUT2D eigenvalue weighted by molar-refractivity contribution is 0.590. The standard InChI is InChI=1S/C10H14F5N4P3/c1-10(2,3)8-4-6-9(7-5-8)16-22(15)18-20(11,12)17-21(13,14)19-22/h4-7,16H,1-3H3. The van der Waals surface area contributed by atoms with E-state index in [0.29, 0.717) is 0 Å². The summed E-state index contributed by atoms with van der Waals surface area (Å²) in [6, 6.07) is 6.16. The molecule has 1 unspecified atom stereocenters. The van der Waals surface area contributed by atoms with Crippen LogP contribution in [0.1, 0.15) is 26.3 Å². The van der Waals surface area contributed by atoms with Crippen molar-refractivity contribution in [3.05, 3.63) is 29.8 Å². The third-order valence-electron chi connectivity index (χ3n) is 2.69. The Kier molecular flexibility index (Phi) is 4.40. The molecule has 124 valence electrons. The van der Waals surface area contributed by atoms with Crippen LogP contribution in [0.5, 0.6) is 0 Å². The Morgan fingerprint density at radius 3 is 1.77 bits per heavy atom. The van der Waals surface area contributed by atoms with Crippen molar-refractivity contribution in [3.63, 3.8) is 0 Å². The van der Waals surface area contributed by atoms with Crippen molar-refractivity contribution in [1.29, 1.82) is 0 Å². The van der Waals surface area contributed by atoms with Gasteiger partial charge in [-0.25, -0.2) is 0 Å². The van der Waals surface area contributed by atoms with Crippen molar-refractivity contribution in [3.8, 4) is 0 Å². The summed E-state index contributed by atoms with van der Waals surface area (Å²) in [5, 5.41) is 1.99. The number of halogens is 5. The molecule has 4 nitrogen and oxygen atoms in total. The molecule has 0 amide bonds. The van der Waals surface area contributed by atoms with Gasteiger partial charge < -0.3 is 5.09 Å². The number of nitrogens with one attached hydrogen (secondary N) is 1. The summed E-state index contributed by atoms with van der Waals surface area (Å²) in [5.41, 5.74) is 0.835. The van der Waals surface area contributed by atoms with Gasteiger partial charge in [0.2, 0.25) is 0 Å². The predicted octanol–water partition coefficient (Wildman–Crippen LogP) is 8.10. The van der Waals surface area contributed by atoms with Crippen molar-refractivity contribution in [2.45, 2.75) is 26.2 Å². The van der Waals surface area contributed by atoms with Crippen LogP contribution in [-0.4, -0.2) is 0 Å². The van der Waals surface area contributed by atoms with Gasteiger partial charge in [-0.3, -0.25) is 0 Å². The molecule has 1 aliphatic rings. The average Bonchev–Trinajstić information content (AvgIpc) is 2.22. The van der Waals surface area contributed by atoms with E-state index in [0.717, 1.165) is 5.56 Å². The van der Waals surface area contributed by atoms with E-state index in [9.17, 15) is 21.0 Å². The Labute approximate surface area is 125 Å². The van der Waals surface area contributed by atoms with Gasteiger partial charge in [0.05, 0.1) is 0 Å². The van der Waals surface area contributed by atoms with Crippen LogP contribution in [0.15, 0.2) is 37.8 Å². The van der Waals surface area contributed by atoms with E-state index in [4.69, 9.17) is 0 Å². The summed E-state index contributed by atoms with van der Waals surface area (Å²) in [6.45, 7) is 5.88. The topological polar surface area (TPSA) is 49.1 Å². The normalized spacial score (nSPS) is 26.4. The number of hydrogen-bond acceptors (Lipinski definition) is 4. The molecule has 0 aliphatic carbocycles. The molecule has 1 aliphatic heterocycles. The zero-order valence-electron chi connectivity index (χ0n) is 11.9. The van der Waals surface area contributed by atoms with Crippen molar-refractivity contribution in [1.82, 2.24) is 0 Å². The smallest absolute Gasteiger partial charge is 0.310 e. The molecule has 0 saturated heterocycles. The molecular formula is C10H14F5N4P3. The number of nitrogens with zero attached hydrogens (tertiary/aromatic N) is 3. The summed E-state index contributed by atoms with van der Waals surface area (Å²) in [4.78, 5) is 0. The molecule has 0 spiro atoms. The fourth-order valence-electron chi connectivity index (χ4n) is 1.72. The minimum Gasteiger partial charge on any atom is -0.310 e. The van der Waals surface area contributed by atoms with Crippen molar-refractivity contribution >= 4 is 29.0 Å². The first-order valence-electron chi connectivity index (χ1n) is 6.09. The van der Waals surface area contributed by atoms with E-state index in [1.54, 1.807) is 12.1 Å². The second-order valence-electron chi connectivity index (χ2n) is 5.64. The molecule has 0 aromatic heterocycles. The van der Waals surface area contributed by atoms with Gasteiger partial charge in [0, 0.05) is 5.69 Å². The quantitative estimate of drug-likeness (QED) is 0.410. The van der Waals surface area contributed by atoms with Crippen LogP contribution in [0.2, 0.25) is 0 Å². The summed E-state index contributed by atoms with van der Waals surface area (Å²) in [6.07, 6.45) is 0. The van der Waals surface area contributed by atoms with E-state index in [2.05, 4.69) is 9.03 Å². The fraction of sp³-hybridized carbons (Fsp3) is 0.400. The first-order valence-corrected chi connectivity index (χ1v) is 10.6. The van der Waals surface area contributed by atoms with E-state index in [1.807, 2.05) is 30.4 Å². The van der Waals surface area contributed by atoms with Crippen LogP contribution in [0.3, 0.4) is 0 Å². The van der Waals surface area contributed by atoms with Gasteiger partial charge in [0.15, 0.2) is 0 Å². The lowest BCUT2D eigenvalue weighted by Gasteiger charge is -2.21. The Balaban J connectivity index is 2.37. The maximum Gasteiger partial charge on any atom is 0.424 e. The van der Waals surface area contributed by atoms with Crippen LogP contribution >= 0.6 is 23.3 Å². The van der Waals surface area contributed by atoms with Gasteiger partial charge in [0.1, 0.15) is 0 Å². The molecule has 1 N–H and O–H groups in total. The summed E-state index contributed by atoms with van der Waals surface area (Å²) >= 11 is 0. The minimum atomic E-state index is -5.69. The molecule has 2 rings (SSSR count). The van der Waals surface area contributed by atoms with Crippen molar-refractivity contribution < 1.29 is 21.0 Å². The highest BCUT2D eigenvalue weighted by Crippen LogP contribution is 2.81. The zero-order valence-corrected chi connectivity index (χ0v) is 14.6. The van der Waals surface area contributed by atoms with E-state index < -0.39 is 23.3 Å². The number of benzene rings is 1. The Morgan fingerprint density at radius 1 is 0.818 bits per heavy atom. The van der Waals surface area contributed by atoms with E-state index in [1.165, 1.54) is 12.1 Å². The molecular weight excluding hydrogens is 364 g/mol. The average molecular weight is 378 g/mol. The van der Waals surface area contributed by atoms with Gasteiger partial charge in [-0.1, -0.05) is 32.9 Å². The fourth-order valence-corrected chi connectivity index (χ4v) is 7.27. The van der Waals surface area contributed by atoms with Gasteiger partial charge in [-0.15, -0.1) is 30.3 Å². The lowest BCUT2D eigenvalue weighted by Crippen LogP contribution is -2.10. The maximum atomic E-state index is 14.3. The van der Waals surface area contributed by atoms with Crippen molar-refractivity contribution in [2.75, 3.05) is 5.09 Å².